The Morgan fingerprint density at radius 1 is 1.19 bits per heavy atom. The van der Waals surface area contributed by atoms with Crippen molar-refractivity contribution in [1.29, 1.82) is 0 Å². The molecule has 2 rings (SSSR count). The van der Waals surface area contributed by atoms with E-state index in [0.717, 1.165) is 5.56 Å². The molecule has 0 unspecified atom stereocenters. The monoisotopic (exact) mass is 321 g/mol. The summed E-state index contributed by atoms with van der Waals surface area (Å²) < 4.78 is 26.3. The van der Waals surface area contributed by atoms with E-state index >= 15 is 0 Å². The summed E-state index contributed by atoms with van der Waals surface area (Å²) in [5.41, 5.74) is 7.48. The lowest BCUT2D eigenvalue weighted by molar-refractivity contribution is 0.594. The summed E-state index contributed by atoms with van der Waals surface area (Å²) in [4.78, 5) is 4.18. The highest BCUT2D eigenvalue weighted by Crippen LogP contribution is 2.21. The number of rotatable bonds is 4. The number of benzene rings is 1. The Balaban J connectivity index is 2.36. The van der Waals surface area contributed by atoms with Crippen molar-refractivity contribution in [3.63, 3.8) is 0 Å². The molecule has 1 aromatic heterocycles. The molecule has 5 nitrogen and oxygen atoms in total. The van der Waals surface area contributed by atoms with Crippen LogP contribution in [0.5, 0.6) is 0 Å². The van der Waals surface area contributed by atoms with Crippen LogP contribution in [0.15, 0.2) is 47.5 Å². The highest BCUT2D eigenvalue weighted by molar-refractivity contribution is 7.92. The van der Waals surface area contributed by atoms with Crippen LogP contribution < -0.4 is 10.0 Å². The van der Waals surface area contributed by atoms with Crippen LogP contribution in [0, 0.1) is 6.92 Å². The second kappa shape index (κ2) is 5.79. The van der Waals surface area contributed by atoms with E-state index in [0.29, 0.717) is 11.4 Å². The zero-order chi connectivity index (χ0) is 15.6. The first-order valence-electron chi connectivity index (χ1n) is 6.14. The molecule has 21 heavy (non-hydrogen) atoms. The van der Waals surface area contributed by atoms with E-state index in [1.165, 1.54) is 29.7 Å². The number of aryl methyl sites for hydroxylation is 1. The minimum Gasteiger partial charge on any atom is -0.388 e. The van der Waals surface area contributed by atoms with Gasteiger partial charge < -0.3 is 5.73 Å². The first kappa shape index (κ1) is 15.4. The molecule has 1 aromatic carbocycles. The van der Waals surface area contributed by atoms with E-state index in [4.69, 9.17) is 18.0 Å². The molecule has 0 fully saturated rings. The standard InChI is InChI=1S/C14H15N3O2S2/c1-10-3-5-11(6-4-10)17(2)21(18,19)12-7-8-13(14(15)20)16-9-12/h3-9H,1-2H3,(H2,15,20). The Morgan fingerprint density at radius 3 is 2.29 bits per heavy atom. The molecule has 0 atom stereocenters. The number of pyridine rings is 1. The first-order chi connectivity index (χ1) is 9.82. The van der Waals surface area contributed by atoms with E-state index in [1.54, 1.807) is 12.1 Å². The zero-order valence-electron chi connectivity index (χ0n) is 11.6. The highest BCUT2D eigenvalue weighted by Gasteiger charge is 2.21. The number of hydrogen-bond acceptors (Lipinski definition) is 4. The predicted molar refractivity (Wildman–Crippen MR) is 86.9 cm³/mol. The van der Waals surface area contributed by atoms with Crippen LogP contribution in [-0.2, 0) is 10.0 Å². The highest BCUT2D eigenvalue weighted by atomic mass is 32.2. The number of anilines is 1. The van der Waals surface area contributed by atoms with Gasteiger partial charge in [0.2, 0.25) is 0 Å². The second-order valence-corrected chi connectivity index (χ2v) is 6.96. The van der Waals surface area contributed by atoms with Gasteiger partial charge in [-0.3, -0.25) is 9.29 Å². The average molecular weight is 321 g/mol. The predicted octanol–water partition coefficient (Wildman–Crippen LogP) is 1.85. The van der Waals surface area contributed by atoms with Gasteiger partial charge >= 0.3 is 0 Å². The van der Waals surface area contributed by atoms with Gasteiger partial charge in [0.15, 0.2) is 0 Å². The number of aromatic nitrogens is 1. The lowest BCUT2D eigenvalue weighted by Crippen LogP contribution is -2.26. The zero-order valence-corrected chi connectivity index (χ0v) is 13.3. The molecule has 0 bridgehead atoms. The van der Waals surface area contributed by atoms with Crippen LogP contribution in [0.1, 0.15) is 11.3 Å². The lowest BCUT2D eigenvalue weighted by Gasteiger charge is -2.19. The van der Waals surface area contributed by atoms with Crippen LogP contribution in [0.25, 0.3) is 0 Å². The summed E-state index contributed by atoms with van der Waals surface area (Å²) in [6.45, 7) is 1.94. The molecule has 7 heteroatoms. The average Bonchev–Trinajstić information content (AvgIpc) is 2.47. The van der Waals surface area contributed by atoms with Crippen molar-refractivity contribution < 1.29 is 8.42 Å². The minimum absolute atomic E-state index is 0.0885. The Morgan fingerprint density at radius 2 is 1.81 bits per heavy atom. The maximum atomic E-state index is 12.5. The van der Waals surface area contributed by atoms with Crippen molar-refractivity contribution >= 4 is 32.9 Å². The summed E-state index contributed by atoms with van der Waals surface area (Å²) in [7, 11) is -2.16. The van der Waals surface area contributed by atoms with Crippen molar-refractivity contribution in [2.75, 3.05) is 11.4 Å². The molecule has 0 radical (unpaired) electrons. The minimum atomic E-state index is -3.66. The third-order valence-corrected chi connectivity index (χ3v) is 5.02. The van der Waals surface area contributed by atoms with Gasteiger partial charge in [-0.05, 0) is 31.2 Å². The molecule has 0 aliphatic heterocycles. The van der Waals surface area contributed by atoms with Crippen LogP contribution in [-0.4, -0.2) is 25.4 Å². The molecule has 0 amide bonds. The largest absolute Gasteiger partial charge is 0.388 e. The fraction of sp³-hybridized carbons (Fsp3) is 0.143. The summed E-state index contributed by atoms with van der Waals surface area (Å²) >= 11 is 4.79. The van der Waals surface area contributed by atoms with E-state index in [-0.39, 0.29) is 9.88 Å². The number of nitrogens with two attached hydrogens (primary N) is 1. The van der Waals surface area contributed by atoms with E-state index in [1.807, 2.05) is 19.1 Å². The molecule has 2 aromatic rings. The van der Waals surface area contributed by atoms with Crippen LogP contribution >= 0.6 is 12.2 Å². The first-order valence-corrected chi connectivity index (χ1v) is 7.98. The van der Waals surface area contributed by atoms with Gasteiger partial charge in [-0.1, -0.05) is 29.9 Å². The van der Waals surface area contributed by atoms with Crippen molar-refractivity contribution in [2.24, 2.45) is 5.73 Å². The fourth-order valence-corrected chi connectivity index (χ4v) is 2.99. The molecule has 0 saturated heterocycles. The summed E-state index contributed by atoms with van der Waals surface area (Å²) in [5, 5.41) is 0. The van der Waals surface area contributed by atoms with Crippen LogP contribution in [0.3, 0.4) is 0 Å². The van der Waals surface area contributed by atoms with Gasteiger partial charge in [-0.2, -0.15) is 0 Å². The number of thiocarbonyl (C=S) groups is 1. The SMILES string of the molecule is Cc1ccc(N(C)S(=O)(=O)c2ccc(C(N)=S)nc2)cc1. The van der Waals surface area contributed by atoms with E-state index < -0.39 is 10.0 Å². The van der Waals surface area contributed by atoms with Gasteiger partial charge in [0, 0.05) is 13.2 Å². The van der Waals surface area contributed by atoms with Crippen molar-refractivity contribution in [1.82, 2.24) is 4.98 Å². The molecule has 0 aliphatic carbocycles. The molecule has 0 saturated carbocycles. The Bertz CT molecular complexity index is 754. The molecular weight excluding hydrogens is 306 g/mol. The van der Waals surface area contributed by atoms with Gasteiger partial charge in [0.25, 0.3) is 10.0 Å². The van der Waals surface area contributed by atoms with Gasteiger partial charge in [0.1, 0.15) is 9.88 Å². The lowest BCUT2D eigenvalue weighted by atomic mass is 10.2. The van der Waals surface area contributed by atoms with Crippen molar-refractivity contribution in [3.05, 3.63) is 53.9 Å². The number of hydrogen-bond donors (Lipinski definition) is 1. The fourth-order valence-electron chi connectivity index (χ4n) is 1.73. The third kappa shape index (κ3) is 3.20. The van der Waals surface area contributed by atoms with E-state index in [2.05, 4.69) is 4.98 Å². The summed E-state index contributed by atoms with van der Waals surface area (Å²) in [6.07, 6.45) is 1.26. The molecule has 2 N–H and O–H groups in total. The molecule has 0 aliphatic rings. The second-order valence-electron chi connectivity index (χ2n) is 4.55. The molecule has 1 heterocycles. The Kier molecular flexibility index (Phi) is 4.24. The van der Waals surface area contributed by atoms with E-state index in [9.17, 15) is 8.42 Å². The maximum Gasteiger partial charge on any atom is 0.265 e. The quantitative estimate of drug-likeness (QED) is 0.870. The Labute approximate surface area is 129 Å². The van der Waals surface area contributed by atoms with Gasteiger partial charge in [0.05, 0.1) is 11.4 Å². The maximum absolute atomic E-state index is 12.5. The number of sulfonamides is 1. The van der Waals surface area contributed by atoms with Crippen LogP contribution in [0.2, 0.25) is 0 Å². The van der Waals surface area contributed by atoms with Gasteiger partial charge in [-0.25, -0.2) is 8.42 Å². The van der Waals surface area contributed by atoms with Crippen molar-refractivity contribution in [2.45, 2.75) is 11.8 Å². The smallest absolute Gasteiger partial charge is 0.265 e. The Hall–Kier alpha value is -1.99. The van der Waals surface area contributed by atoms with Gasteiger partial charge in [-0.15, -0.1) is 0 Å². The molecule has 0 spiro atoms. The normalized spacial score (nSPS) is 11.1. The third-order valence-electron chi connectivity index (χ3n) is 3.04. The molecule has 110 valence electrons. The van der Waals surface area contributed by atoms with Crippen LogP contribution in [0.4, 0.5) is 5.69 Å². The number of nitrogens with zero attached hydrogens (tertiary/aromatic N) is 2. The summed E-state index contributed by atoms with van der Waals surface area (Å²) in [6, 6.07) is 10.2. The summed E-state index contributed by atoms with van der Waals surface area (Å²) in [5.74, 6) is 0. The topological polar surface area (TPSA) is 76.3 Å². The molecular formula is C14H15N3O2S2. The van der Waals surface area contributed by atoms with Crippen molar-refractivity contribution in [3.8, 4) is 0 Å².